The van der Waals surface area contributed by atoms with Crippen molar-refractivity contribution in [2.75, 3.05) is 0 Å². The van der Waals surface area contributed by atoms with Crippen LogP contribution in [-0.2, 0) is 6.54 Å². The van der Waals surface area contributed by atoms with Crippen molar-refractivity contribution in [3.05, 3.63) is 17.5 Å². The van der Waals surface area contributed by atoms with Gasteiger partial charge in [-0.15, -0.1) is 0 Å². The van der Waals surface area contributed by atoms with Crippen LogP contribution in [0.15, 0.2) is 6.07 Å². The molecule has 4 nitrogen and oxygen atoms in total. The van der Waals surface area contributed by atoms with E-state index < -0.39 is 0 Å². The zero-order chi connectivity index (χ0) is 14.5. The molecule has 0 saturated heterocycles. The Balaban J connectivity index is 1.99. The lowest BCUT2D eigenvalue weighted by Crippen LogP contribution is -2.38. The maximum absolute atomic E-state index is 12.4. The molecule has 2 rings (SSSR count). The monoisotopic (exact) mass is 277 g/mol. The fourth-order valence-corrected chi connectivity index (χ4v) is 3.25. The Hall–Kier alpha value is -1.32. The van der Waals surface area contributed by atoms with E-state index in [0.717, 1.165) is 18.7 Å². The largest absolute Gasteiger partial charge is 0.348 e. The number of rotatable bonds is 6. The second-order valence-corrected chi connectivity index (χ2v) is 5.90. The minimum atomic E-state index is 0.0425. The van der Waals surface area contributed by atoms with Crippen molar-refractivity contribution in [2.45, 2.75) is 71.9 Å². The van der Waals surface area contributed by atoms with Crippen LogP contribution in [0.2, 0.25) is 0 Å². The molecule has 0 spiro atoms. The summed E-state index contributed by atoms with van der Waals surface area (Å²) in [5, 5.41) is 7.59. The molecule has 1 saturated carbocycles. The lowest BCUT2D eigenvalue weighted by atomic mass is 9.96. The number of unbranched alkanes of at least 4 members (excludes halogenated alkanes) is 1. The molecule has 2 unspecified atom stereocenters. The van der Waals surface area contributed by atoms with Gasteiger partial charge in [0.1, 0.15) is 5.69 Å². The normalized spacial score (nSPS) is 22.1. The summed E-state index contributed by atoms with van der Waals surface area (Å²) in [7, 11) is 0. The molecule has 1 aliphatic carbocycles. The Kier molecular flexibility index (Phi) is 5.21. The number of amides is 1. The van der Waals surface area contributed by atoms with Gasteiger partial charge in [0, 0.05) is 12.6 Å². The molecule has 0 aromatic carbocycles. The molecule has 1 amide bonds. The van der Waals surface area contributed by atoms with Crippen molar-refractivity contribution in [1.29, 1.82) is 0 Å². The van der Waals surface area contributed by atoms with Crippen LogP contribution >= 0.6 is 0 Å². The van der Waals surface area contributed by atoms with E-state index in [9.17, 15) is 4.79 Å². The van der Waals surface area contributed by atoms with Crippen molar-refractivity contribution in [2.24, 2.45) is 5.92 Å². The first-order valence-corrected chi connectivity index (χ1v) is 8.01. The molecule has 1 aromatic heterocycles. The molecule has 0 radical (unpaired) electrons. The summed E-state index contributed by atoms with van der Waals surface area (Å²) in [5.74, 6) is 0.707. The zero-order valence-electron chi connectivity index (χ0n) is 13.0. The van der Waals surface area contributed by atoms with Gasteiger partial charge in [-0.3, -0.25) is 9.48 Å². The second kappa shape index (κ2) is 6.91. The lowest BCUT2D eigenvalue weighted by Gasteiger charge is -2.21. The molecule has 112 valence electrons. The van der Waals surface area contributed by atoms with E-state index in [0.29, 0.717) is 17.7 Å². The Morgan fingerprint density at radius 3 is 2.95 bits per heavy atom. The van der Waals surface area contributed by atoms with Gasteiger partial charge in [-0.05, 0) is 45.1 Å². The highest BCUT2D eigenvalue weighted by atomic mass is 16.2. The molecule has 4 heteroatoms. The van der Waals surface area contributed by atoms with Crippen molar-refractivity contribution < 1.29 is 4.79 Å². The third-order valence-corrected chi connectivity index (χ3v) is 4.34. The Labute approximate surface area is 121 Å². The smallest absolute Gasteiger partial charge is 0.269 e. The molecular formula is C16H27N3O. The molecule has 1 aliphatic rings. The van der Waals surface area contributed by atoms with Gasteiger partial charge in [0.25, 0.3) is 5.91 Å². The van der Waals surface area contributed by atoms with E-state index in [2.05, 4.69) is 17.3 Å². The van der Waals surface area contributed by atoms with Gasteiger partial charge in [0.15, 0.2) is 0 Å². The highest BCUT2D eigenvalue weighted by Crippen LogP contribution is 2.30. The first kappa shape index (κ1) is 15.1. The number of aromatic nitrogens is 2. The summed E-state index contributed by atoms with van der Waals surface area (Å²) >= 11 is 0. The van der Waals surface area contributed by atoms with Crippen LogP contribution in [0.4, 0.5) is 0 Å². The first-order chi connectivity index (χ1) is 9.65. The predicted octanol–water partition coefficient (Wildman–Crippen LogP) is 3.30. The van der Waals surface area contributed by atoms with E-state index in [-0.39, 0.29) is 5.91 Å². The van der Waals surface area contributed by atoms with Gasteiger partial charge in [0.2, 0.25) is 0 Å². The molecule has 1 heterocycles. The molecule has 1 N–H and O–H groups in total. The topological polar surface area (TPSA) is 46.9 Å². The Morgan fingerprint density at radius 2 is 2.25 bits per heavy atom. The number of carbonyl (C=O) groups is 1. The maximum atomic E-state index is 12.4. The van der Waals surface area contributed by atoms with E-state index in [1.807, 2.05) is 19.9 Å². The molecule has 20 heavy (non-hydrogen) atoms. The highest BCUT2D eigenvalue weighted by molar-refractivity contribution is 5.92. The molecule has 1 fully saturated rings. The number of aryl methyl sites for hydroxylation is 2. The van der Waals surface area contributed by atoms with Crippen LogP contribution in [0, 0.1) is 12.8 Å². The van der Waals surface area contributed by atoms with Crippen molar-refractivity contribution in [1.82, 2.24) is 15.1 Å². The van der Waals surface area contributed by atoms with Crippen molar-refractivity contribution >= 4 is 5.91 Å². The third kappa shape index (κ3) is 3.41. The fourth-order valence-electron chi connectivity index (χ4n) is 3.25. The average molecular weight is 277 g/mol. The van der Waals surface area contributed by atoms with Crippen molar-refractivity contribution in [3.8, 4) is 0 Å². The molecule has 0 aliphatic heterocycles. The quantitative estimate of drug-likeness (QED) is 0.867. The van der Waals surface area contributed by atoms with Crippen molar-refractivity contribution in [3.63, 3.8) is 0 Å². The summed E-state index contributed by atoms with van der Waals surface area (Å²) in [6.07, 6.45) is 7.37. The predicted molar refractivity (Wildman–Crippen MR) is 80.8 cm³/mol. The average Bonchev–Trinajstić information content (AvgIpc) is 3.02. The SMILES string of the molecule is CCCCC1CCCC1NC(=O)c1cc(C)nn1CC. The minimum Gasteiger partial charge on any atom is -0.348 e. The third-order valence-electron chi connectivity index (χ3n) is 4.34. The summed E-state index contributed by atoms with van der Waals surface area (Å²) in [5.41, 5.74) is 1.61. The highest BCUT2D eigenvalue weighted by Gasteiger charge is 2.28. The molecule has 0 bridgehead atoms. The van der Waals surface area contributed by atoms with Crippen LogP contribution in [0.25, 0.3) is 0 Å². The van der Waals surface area contributed by atoms with Gasteiger partial charge in [-0.1, -0.05) is 26.2 Å². The van der Waals surface area contributed by atoms with Gasteiger partial charge >= 0.3 is 0 Å². The fraction of sp³-hybridized carbons (Fsp3) is 0.750. The standard InChI is InChI=1S/C16H27N3O/c1-4-6-8-13-9-7-10-14(13)17-16(20)15-11-12(3)18-19(15)5-2/h11,13-14H,4-10H2,1-3H3,(H,17,20). The number of nitrogens with zero attached hydrogens (tertiary/aromatic N) is 2. The van der Waals surface area contributed by atoms with Gasteiger partial charge in [-0.2, -0.15) is 5.10 Å². The maximum Gasteiger partial charge on any atom is 0.269 e. The first-order valence-electron chi connectivity index (χ1n) is 8.01. The Morgan fingerprint density at radius 1 is 1.45 bits per heavy atom. The summed E-state index contributed by atoms with van der Waals surface area (Å²) in [4.78, 5) is 12.4. The van der Waals surface area contributed by atoms with E-state index in [1.165, 1.54) is 32.1 Å². The minimum absolute atomic E-state index is 0.0425. The van der Waals surface area contributed by atoms with Crippen LogP contribution in [0.5, 0.6) is 0 Å². The number of nitrogens with one attached hydrogen (secondary N) is 1. The number of hydrogen-bond acceptors (Lipinski definition) is 2. The summed E-state index contributed by atoms with van der Waals surface area (Å²) in [6, 6.07) is 2.24. The Bertz CT molecular complexity index is 453. The number of hydrogen-bond donors (Lipinski definition) is 1. The van der Waals surface area contributed by atoms with Crippen LogP contribution in [-0.4, -0.2) is 21.7 Å². The summed E-state index contributed by atoms with van der Waals surface area (Å²) < 4.78 is 1.79. The van der Waals surface area contributed by atoms with E-state index >= 15 is 0 Å². The van der Waals surface area contributed by atoms with Crippen LogP contribution in [0.3, 0.4) is 0 Å². The summed E-state index contributed by atoms with van der Waals surface area (Å²) in [6.45, 7) is 6.91. The van der Waals surface area contributed by atoms with E-state index in [1.54, 1.807) is 4.68 Å². The van der Waals surface area contributed by atoms with Crippen LogP contribution in [0.1, 0.15) is 68.6 Å². The second-order valence-electron chi connectivity index (χ2n) is 5.90. The number of carbonyl (C=O) groups excluding carboxylic acids is 1. The van der Waals surface area contributed by atoms with Crippen LogP contribution < -0.4 is 5.32 Å². The molecule has 2 atom stereocenters. The van der Waals surface area contributed by atoms with E-state index in [4.69, 9.17) is 0 Å². The lowest BCUT2D eigenvalue weighted by molar-refractivity contribution is 0.0915. The zero-order valence-corrected chi connectivity index (χ0v) is 13.0. The molecule has 1 aromatic rings. The van der Waals surface area contributed by atoms with Gasteiger partial charge in [-0.25, -0.2) is 0 Å². The molecular weight excluding hydrogens is 250 g/mol. The van der Waals surface area contributed by atoms with Gasteiger partial charge < -0.3 is 5.32 Å². The van der Waals surface area contributed by atoms with Gasteiger partial charge in [0.05, 0.1) is 5.69 Å².